The minimum Gasteiger partial charge on any atom is -0.462 e. The number of hydrogen-bond acceptors (Lipinski definition) is 6. The molecule has 0 fully saturated rings. The lowest BCUT2D eigenvalue weighted by Crippen LogP contribution is -2.22. The van der Waals surface area contributed by atoms with E-state index in [2.05, 4.69) is 5.32 Å². The Bertz CT molecular complexity index is 1710. The van der Waals surface area contributed by atoms with Crippen LogP contribution in [0.5, 0.6) is 0 Å². The number of anilines is 1. The van der Waals surface area contributed by atoms with E-state index in [0.29, 0.717) is 29.0 Å². The van der Waals surface area contributed by atoms with Crippen LogP contribution in [0.25, 0.3) is 20.7 Å². The zero-order chi connectivity index (χ0) is 28.2. The van der Waals surface area contributed by atoms with Gasteiger partial charge in [-0.15, -0.1) is 11.3 Å². The van der Waals surface area contributed by atoms with Crippen LogP contribution in [0, 0.1) is 5.82 Å². The standard InChI is InChI=1S/C31H27ClFN3O3S/c1-2-39-31(38)24-18-36(17-23-25(32)9-6-10-26(23)33)30-27(28(24)37)22(16-35-15-19-7-4-3-5-8-19)29(40-30)20-11-13-21(34)14-12-20/h3-14,18,35H,2,15-17,34H2,1H3. The summed E-state index contributed by atoms with van der Waals surface area (Å²) in [6, 6.07) is 21.8. The van der Waals surface area contributed by atoms with E-state index >= 15 is 0 Å². The highest BCUT2D eigenvalue weighted by Gasteiger charge is 2.24. The summed E-state index contributed by atoms with van der Waals surface area (Å²) in [5.74, 6) is -1.21. The number of thiophene rings is 1. The Morgan fingerprint density at radius 1 is 1.02 bits per heavy atom. The zero-order valence-corrected chi connectivity index (χ0v) is 23.3. The minimum atomic E-state index is -0.730. The molecule has 0 amide bonds. The Kier molecular flexibility index (Phi) is 8.30. The van der Waals surface area contributed by atoms with E-state index in [9.17, 15) is 14.0 Å². The molecule has 0 saturated heterocycles. The number of pyridine rings is 1. The van der Waals surface area contributed by atoms with E-state index in [0.717, 1.165) is 21.6 Å². The van der Waals surface area contributed by atoms with E-state index in [1.807, 2.05) is 42.5 Å². The lowest BCUT2D eigenvalue weighted by molar-refractivity contribution is 0.0524. The second-order valence-electron chi connectivity index (χ2n) is 9.22. The summed E-state index contributed by atoms with van der Waals surface area (Å²) in [4.78, 5) is 28.2. The van der Waals surface area contributed by atoms with Crippen LogP contribution in [0.15, 0.2) is 83.8 Å². The summed E-state index contributed by atoms with van der Waals surface area (Å²) in [6.07, 6.45) is 1.44. The Labute approximate surface area is 239 Å². The van der Waals surface area contributed by atoms with Crippen molar-refractivity contribution in [3.63, 3.8) is 0 Å². The predicted molar refractivity (Wildman–Crippen MR) is 159 cm³/mol. The molecule has 0 unspecified atom stereocenters. The number of nitrogens with one attached hydrogen (secondary N) is 1. The summed E-state index contributed by atoms with van der Waals surface area (Å²) in [5.41, 5.74) is 8.98. The topological polar surface area (TPSA) is 86.3 Å². The lowest BCUT2D eigenvalue weighted by atomic mass is 10.0. The van der Waals surface area contributed by atoms with Gasteiger partial charge in [0.25, 0.3) is 0 Å². The monoisotopic (exact) mass is 575 g/mol. The Hall–Kier alpha value is -3.98. The summed E-state index contributed by atoms with van der Waals surface area (Å²) in [5, 5.41) is 4.08. The van der Waals surface area contributed by atoms with Crippen LogP contribution in [0.3, 0.4) is 0 Å². The van der Waals surface area contributed by atoms with Gasteiger partial charge >= 0.3 is 5.97 Å². The maximum Gasteiger partial charge on any atom is 0.343 e. The fraction of sp³-hybridized carbons (Fsp3) is 0.161. The highest BCUT2D eigenvalue weighted by Crippen LogP contribution is 2.38. The molecule has 0 atom stereocenters. The number of benzene rings is 3. The Morgan fingerprint density at radius 3 is 2.48 bits per heavy atom. The van der Waals surface area contributed by atoms with Gasteiger partial charge in [0.1, 0.15) is 16.2 Å². The molecule has 0 aliphatic carbocycles. The first-order valence-corrected chi connectivity index (χ1v) is 14.0. The van der Waals surface area contributed by atoms with Gasteiger partial charge in [-0.05, 0) is 47.9 Å². The predicted octanol–water partition coefficient (Wildman–Crippen LogP) is 6.62. The average Bonchev–Trinajstić information content (AvgIpc) is 3.33. The second-order valence-corrected chi connectivity index (χ2v) is 10.6. The number of nitrogens with zero attached hydrogens (tertiary/aromatic N) is 1. The van der Waals surface area contributed by atoms with Crippen LogP contribution in [0.1, 0.15) is 34.0 Å². The van der Waals surface area contributed by atoms with Crippen molar-refractivity contribution in [3.05, 3.63) is 122 Å². The molecule has 0 bridgehead atoms. The van der Waals surface area contributed by atoms with Gasteiger partial charge in [-0.3, -0.25) is 4.79 Å². The number of nitrogen functional groups attached to an aromatic ring is 1. The largest absolute Gasteiger partial charge is 0.462 e. The third-order valence-electron chi connectivity index (χ3n) is 6.54. The van der Waals surface area contributed by atoms with Crippen LogP contribution >= 0.6 is 22.9 Å². The van der Waals surface area contributed by atoms with Gasteiger partial charge in [0, 0.05) is 40.4 Å². The minimum absolute atomic E-state index is 0.0211. The first-order valence-electron chi connectivity index (χ1n) is 12.8. The van der Waals surface area contributed by atoms with Gasteiger partial charge in [-0.2, -0.15) is 0 Å². The smallest absolute Gasteiger partial charge is 0.343 e. The van der Waals surface area contributed by atoms with E-state index in [1.165, 1.54) is 29.7 Å². The fourth-order valence-corrected chi connectivity index (χ4v) is 6.11. The van der Waals surface area contributed by atoms with E-state index < -0.39 is 17.2 Å². The molecule has 2 heterocycles. The quantitative estimate of drug-likeness (QED) is 0.152. The van der Waals surface area contributed by atoms with Crippen LogP contribution in [-0.2, 0) is 24.4 Å². The van der Waals surface area contributed by atoms with Crippen LogP contribution in [-0.4, -0.2) is 17.1 Å². The number of carbonyl (C=O) groups excluding carboxylic acids is 1. The van der Waals surface area contributed by atoms with Gasteiger partial charge < -0.3 is 20.4 Å². The molecule has 9 heteroatoms. The molecule has 0 radical (unpaired) electrons. The molecule has 6 nitrogen and oxygen atoms in total. The number of rotatable bonds is 9. The molecule has 3 N–H and O–H groups in total. The fourth-order valence-electron chi connectivity index (χ4n) is 4.59. The summed E-state index contributed by atoms with van der Waals surface area (Å²) in [6.45, 7) is 2.75. The Morgan fingerprint density at radius 2 is 1.77 bits per heavy atom. The molecular weight excluding hydrogens is 549 g/mol. The number of aromatic nitrogens is 1. The number of nitrogens with two attached hydrogens (primary N) is 1. The van der Waals surface area contributed by atoms with E-state index in [4.69, 9.17) is 22.1 Å². The van der Waals surface area contributed by atoms with Crippen molar-refractivity contribution < 1.29 is 13.9 Å². The molecular formula is C31H27ClFN3O3S. The molecule has 0 aliphatic heterocycles. The number of fused-ring (bicyclic) bond motifs is 1. The van der Waals surface area contributed by atoms with E-state index in [-0.39, 0.29) is 29.3 Å². The molecule has 0 spiro atoms. The highest BCUT2D eigenvalue weighted by atomic mass is 35.5. The van der Waals surface area contributed by atoms with Crippen LogP contribution in [0.2, 0.25) is 5.02 Å². The zero-order valence-electron chi connectivity index (χ0n) is 21.7. The van der Waals surface area contributed by atoms with Crippen molar-refractivity contribution >= 4 is 44.8 Å². The van der Waals surface area contributed by atoms with Crippen molar-refractivity contribution in [1.29, 1.82) is 0 Å². The van der Waals surface area contributed by atoms with Gasteiger partial charge in [-0.1, -0.05) is 60.1 Å². The van der Waals surface area contributed by atoms with Gasteiger partial charge in [0.2, 0.25) is 5.43 Å². The normalized spacial score (nSPS) is 11.2. The molecule has 0 aliphatic rings. The maximum atomic E-state index is 14.8. The first kappa shape index (κ1) is 27.6. The number of ether oxygens (including phenoxy) is 1. The third-order valence-corrected chi connectivity index (χ3v) is 8.21. The number of esters is 1. The second kappa shape index (κ2) is 12.0. The average molecular weight is 576 g/mol. The number of carbonyl (C=O) groups is 1. The van der Waals surface area contributed by atoms with Crippen molar-refractivity contribution in [2.24, 2.45) is 0 Å². The third kappa shape index (κ3) is 5.65. The van der Waals surface area contributed by atoms with E-state index in [1.54, 1.807) is 29.7 Å². The van der Waals surface area contributed by atoms with Crippen molar-refractivity contribution in [2.45, 2.75) is 26.6 Å². The summed E-state index contributed by atoms with van der Waals surface area (Å²) < 4.78 is 21.8. The highest BCUT2D eigenvalue weighted by molar-refractivity contribution is 7.22. The molecule has 0 saturated carbocycles. The molecule has 3 aromatic carbocycles. The Balaban J connectivity index is 1.71. The molecule has 2 aromatic heterocycles. The molecule has 40 heavy (non-hydrogen) atoms. The molecule has 204 valence electrons. The lowest BCUT2D eigenvalue weighted by Gasteiger charge is -2.13. The molecule has 5 aromatic rings. The van der Waals surface area contributed by atoms with Gasteiger partial charge in [-0.25, -0.2) is 9.18 Å². The van der Waals surface area contributed by atoms with Crippen LogP contribution < -0.4 is 16.5 Å². The summed E-state index contributed by atoms with van der Waals surface area (Å²) >= 11 is 7.76. The van der Waals surface area contributed by atoms with Gasteiger partial charge in [0.05, 0.1) is 18.5 Å². The van der Waals surface area contributed by atoms with Crippen molar-refractivity contribution in [3.8, 4) is 10.4 Å². The van der Waals surface area contributed by atoms with Gasteiger partial charge in [0.15, 0.2) is 0 Å². The van der Waals surface area contributed by atoms with Crippen molar-refractivity contribution in [1.82, 2.24) is 9.88 Å². The first-order chi connectivity index (χ1) is 19.4. The summed E-state index contributed by atoms with van der Waals surface area (Å²) in [7, 11) is 0. The number of hydrogen-bond donors (Lipinski definition) is 2. The van der Waals surface area contributed by atoms with Crippen LogP contribution in [0.4, 0.5) is 10.1 Å². The number of halogens is 2. The molecule has 5 rings (SSSR count). The SMILES string of the molecule is CCOC(=O)c1cn(Cc2c(F)cccc2Cl)c2sc(-c3ccc(N)cc3)c(CNCc3ccccc3)c2c1=O. The van der Waals surface area contributed by atoms with Crippen molar-refractivity contribution in [2.75, 3.05) is 12.3 Å². The maximum absolute atomic E-state index is 14.8.